The molecule has 0 radical (unpaired) electrons. The van der Waals surface area contributed by atoms with E-state index < -0.39 is 5.60 Å². The molecule has 3 N–H and O–H groups in total. The summed E-state index contributed by atoms with van der Waals surface area (Å²) in [5.41, 5.74) is -0.738. The minimum absolute atomic E-state index is 0.0394. The summed E-state index contributed by atoms with van der Waals surface area (Å²) < 4.78 is 0. The predicted molar refractivity (Wildman–Crippen MR) is 89.9 cm³/mol. The molecule has 1 fully saturated rings. The molecule has 0 bridgehead atoms. The highest BCUT2D eigenvalue weighted by molar-refractivity contribution is 7.99. The van der Waals surface area contributed by atoms with E-state index in [0.29, 0.717) is 18.2 Å². The van der Waals surface area contributed by atoms with E-state index in [2.05, 4.69) is 30.5 Å². The summed E-state index contributed by atoms with van der Waals surface area (Å²) in [7, 11) is 0. The van der Waals surface area contributed by atoms with Gasteiger partial charge in [0, 0.05) is 17.2 Å². The highest BCUT2D eigenvalue weighted by Crippen LogP contribution is 2.27. The van der Waals surface area contributed by atoms with E-state index in [1.54, 1.807) is 23.1 Å². The lowest BCUT2D eigenvalue weighted by molar-refractivity contribution is 0.0698. The van der Waals surface area contributed by atoms with Crippen molar-refractivity contribution in [1.29, 1.82) is 0 Å². The first-order valence-electron chi connectivity index (χ1n) is 7.36. The molecule has 1 saturated heterocycles. The number of hydrogen-bond acceptors (Lipinski definition) is 4. The fourth-order valence-electron chi connectivity index (χ4n) is 2.40. The van der Waals surface area contributed by atoms with E-state index in [-0.39, 0.29) is 12.1 Å². The molecule has 0 unspecified atom stereocenters. The highest BCUT2D eigenvalue weighted by atomic mass is 32.2. The fraction of sp³-hybridized carbons (Fsp3) is 0.667. The van der Waals surface area contributed by atoms with Crippen LogP contribution in [-0.2, 0) is 0 Å². The SMILES string of the molecule is CC(C)C[C@H](NC(=O)NC[C@]1(O)CCSC1)c1cccs1. The van der Waals surface area contributed by atoms with Crippen LogP contribution in [0.2, 0.25) is 0 Å². The number of carbonyl (C=O) groups excluding carboxylic acids is 1. The van der Waals surface area contributed by atoms with Gasteiger partial charge in [0.1, 0.15) is 0 Å². The average Bonchev–Trinajstić information content (AvgIpc) is 3.07. The molecule has 2 heterocycles. The molecule has 0 saturated carbocycles. The van der Waals surface area contributed by atoms with Crippen molar-refractivity contribution in [3.63, 3.8) is 0 Å². The molecule has 4 nitrogen and oxygen atoms in total. The van der Waals surface area contributed by atoms with Crippen molar-refractivity contribution in [2.45, 2.75) is 38.3 Å². The number of hydrogen-bond donors (Lipinski definition) is 3. The number of rotatable bonds is 6. The van der Waals surface area contributed by atoms with Crippen molar-refractivity contribution < 1.29 is 9.90 Å². The fourth-order valence-corrected chi connectivity index (χ4v) is 4.48. The van der Waals surface area contributed by atoms with Crippen molar-refractivity contribution in [2.75, 3.05) is 18.1 Å². The maximum atomic E-state index is 12.1. The maximum absolute atomic E-state index is 12.1. The minimum Gasteiger partial charge on any atom is -0.387 e. The zero-order valence-electron chi connectivity index (χ0n) is 12.6. The van der Waals surface area contributed by atoms with E-state index >= 15 is 0 Å². The van der Waals surface area contributed by atoms with Crippen LogP contribution in [0.4, 0.5) is 4.79 Å². The Morgan fingerprint density at radius 3 is 2.90 bits per heavy atom. The lowest BCUT2D eigenvalue weighted by Gasteiger charge is -2.24. The Morgan fingerprint density at radius 2 is 2.33 bits per heavy atom. The van der Waals surface area contributed by atoms with E-state index in [4.69, 9.17) is 0 Å². The van der Waals surface area contributed by atoms with Crippen molar-refractivity contribution in [3.05, 3.63) is 22.4 Å². The smallest absolute Gasteiger partial charge is 0.315 e. The van der Waals surface area contributed by atoms with Gasteiger partial charge in [-0.25, -0.2) is 4.79 Å². The van der Waals surface area contributed by atoms with Gasteiger partial charge < -0.3 is 15.7 Å². The van der Waals surface area contributed by atoms with Gasteiger partial charge in [-0.15, -0.1) is 11.3 Å². The Balaban J connectivity index is 1.86. The number of carbonyl (C=O) groups is 1. The zero-order chi connectivity index (χ0) is 15.3. The topological polar surface area (TPSA) is 61.4 Å². The van der Waals surface area contributed by atoms with Crippen LogP contribution in [0.25, 0.3) is 0 Å². The van der Waals surface area contributed by atoms with E-state index in [1.807, 2.05) is 11.4 Å². The maximum Gasteiger partial charge on any atom is 0.315 e. The monoisotopic (exact) mass is 328 g/mol. The van der Waals surface area contributed by atoms with Crippen LogP contribution >= 0.6 is 23.1 Å². The summed E-state index contributed by atoms with van der Waals surface area (Å²) in [6, 6.07) is 3.90. The molecule has 1 aromatic heterocycles. The van der Waals surface area contributed by atoms with Crippen LogP contribution in [0.15, 0.2) is 17.5 Å². The Morgan fingerprint density at radius 1 is 1.52 bits per heavy atom. The molecule has 0 aliphatic carbocycles. The normalized spacial score (nSPS) is 23.2. The van der Waals surface area contributed by atoms with Gasteiger partial charge >= 0.3 is 6.03 Å². The first-order valence-corrected chi connectivity index (χ1v) is 9.40. The number of aliphatic hydroxyl groups is 1. The summed E-state index contributed by atoms with van der Waals surface area (Å²) in [5.74, 6) is 2.17. The first kappa shape index (κ1) is 16.6. The third-order valence-electron chi connectivity index (χ3n) is 3.56. The molecule has 21 heavy (non-hydrogen) atoms. The lowest BCUT2D eigenvalue weighted by atomic mass is 10.0. The highest BCUT2D eigenvalue weighted by Gasteiger charge is 2.32. The summed E-state index contributed by atoms with van der Waals surface area (Å²) in [5, 5.41) is 18.1. The quantitative estimate of drug-likeness (QED) is 0.752. The van der Waals surface area contributed by atoms with Crippen LogP contribution in [0.5, 0.6) is 0 Å². The molecule has 0 spiro atoms. The van der Waals surface area contributed by atoms with Crippen molar-refractivity contribution in [3.8, 4) is 0 Å². The van der Waals surface area contributed by atoms with Gasteiger partial charge in [-0.05, 0) is 36.0 Å². The number of thiophene rings is 1. The van der Waals surface area contributed by atoms with E-state index in [1.165, 1.54) is 4.88 Å². The second-order valence-electron chi connectivity index (χ2n) is 6.05. The van der Waals surface area contributed by atoms with Gasteiger partial charge in [0.25, 0.3) is 0 Å². The molecular formula is C15H24N2O2S2. The van der Waals surface area contributed by atoms with Crippen LogP contribution in [0.3, 0.4) is 0 Å². The summed E-state index contributed by atoms with van der Waals surface area (Å²) in [6.07, 6.45) is 1.66. The van der Waals surface area contributed by atoms with Gasteiger partial charge in [-0.2, -0.15) is 11.8 Å². The number of thioether (sulfide) groups is 1. The Labute approximate surface area is 134 Å². The molecule has 2 atom stereocenters. The third-order valence-corrected chi connectivity index (χ3v) is 5.78. The van der Waals surface area contributed by atoms with Gasteiger partial charge in [-0.3, -0.25) is 0 Å². The standard InChI is InChI=1S/C15H24N2O2S2/c1-11(2)8-12(13-4-3-6-21-13)17-14(18)16-9-15(19)5-7-20-10-15/h3-4,6,11-12,19H,5,7-10H2,1-2H3,(H2,16,17,18)/t12-,15+/m0/s1. The predicted octanol–water partition coefficient (Wildman–Crippen LogP) is 3.00. The first-order chi connectivity index (χ1) is 9.98. The van der Waals surface area contributed by atoms with Crippen LogP contribution < -0.4 is 10.6 Å². The Bertz CT molecular complexity index is 443. The van der Waals surface area contributed by atoms with Gasteiger partial charge in [0.15, 0.2) is 0 Å². The van der Waals surface area contributed by atoms with Gasteiger partial charge in [0.05, 0.1) is 11.6 Å². The molecule has 6 heteroatoms. The largest absolute Gasteiger partial charge is 0.387 e. The van der Waals surface area contributed by atoms with Crippen molar-refractivity contribution in [2.24, 2.45) is 5.92 Å². The molecule has 118 valence electrons. The van der Waals surface area contributed by atoms with Gasteiger partial charge in [0.2, 0.25) is 0 Å². The Hall–Kier alpha value is -0.720. The second-order valence-corrected chi connectivity index (χ2v) is 8.14. The molecule has 1 aliphatic heterocycles. The molecule has 0 aromatic carbocycles. The van der Waals surface area contributed by atoms with Crippen LogP contribution in [-0.4, -0.2) is 34.8 Å². The average molecular weight is 329 g/mol. The lowest BCUT2D eigenvalue weighted by Crippen LogP contribution is -2.47. The number of amides is 2. The molecule has 1 aliphatic rings. The minimum atomic E-state index is -0.738. The van der Waals surface area contributed by atoms with Crippen molar-refractivity contribution >= 4 is 29.1 Å². The molecule has 2 rings (SSSR count). The second kappa shape index (κ2) is 7.51. The Kier molecular flexibility index (Phi) is 5.96. The van der Waals surface area contributed by atoms with Crippen molar-refractivity contribution in [1.82, 2.24) is 10.6 Å². The van der Waals surface area contributed by atoms with Crippen LogP contribution in [0, 0.1) is 5.92 Å². The van der Waals surface area contributed by atoms with Crippen LogP contribution in [0.1, 0.15) is 37.6 Å². The zero-order valence-corrected chi connectivity index (χ0v) is 14.2. The number of nitrogens with one attached hydrogen (secondary N) is 2. The molecular weight excluding hydrogens is 304 g/mol. The molecule has 1 aromatic rings. The summed E-state index contributed by atoms with van der Waals surface area (Å²) >= 11 is 3.40. The number of urea groups is 1. The van der Waals surface area contributed by atoms with Gasteiger partial charge in [-0.1, -0.05) is 19.9 Å². The molecule has 2 amide bonds. The summed E-state index contributed by atoms with van der Waals surface area (Å²) in [6.45, 7) is 4.63. The van der Waals surface area contributed by atoms with E-state index in [9.17, 15) is 9.90 Å². The van der Waals surface area contributed by atoms with E-state index in [0.717, 1.165) is 18.6 Å². The third kappa shape index (κ3) is 5.20. The summed E-state index contributed by atoms with van der Waals surface area (Å²) in [4.78, 5) is 13.3.